The Morgan fingerprint density at radius 2 is 1.81 bits per heavy atom. The van der Waals surface area contributed by atoms with Crippen LogP contribution in [0.25, 0.3) is 0 Å². The van der Waals surface area contributed by atoms with Crippen LogP contribution in [0.5, 0.6) is 0 Å². The Labute approximate surface area is 120 Å². The molecule has 0 bridgehead atoms. The molecule has 0 saturated heterocycles. The normalized spacial score (nSPS) is 11.6. The highest BCUT2D eigenvalue weighted by molar-refractivity contribution is 7.89. The van der Waals surface area contributed by atoms with Crippen LogP contribution in [0.3, 0.4) is 0 Å². The summed E-state index contributed by atoms with van der Waals surface area (Å²) in [5, 5.41) is 8.94. The number of sulfonamides is 1. The number of hydrogen-bond acceptors (Lipinski definition) is 4. The van der Waals surface area contributed by atoms with E-state index in [0.29, 0.717) is 5.56 Å². The summed E-state index contributed by atoms with van der Waals surface area (Å²) in [6.07, 6.45) is 2.96. The number of halogens is 2. The van der Waals surface area contributed by atoms with Crippen molar-refractivity contribution in [1.29, 1.82) is 0 Å². The van der Waals surface area contributed by atoms with E-state index in [1.807, 2.05) is 0 Å². The van der Waals surface area contributed by atoms with E-state index < -0.39 is 33.2 Å². The molecule has 0 atom stereocenters. The lowest BCUT2D eigenvalue weighted by Crippen LogP contribution is -2.24. The lowest BCUT2D eigenvalue weighted by molar-refractivity contribution is 0.280. The van der Waals surface area contributed by atoms with Crippen LogP contribution >= 0.6 is 0 Å². The van der Waals surface area contributed by atoms with E-state index in [1.165, 1.54) is 12.4 Å². The average molecular weight is 314 g/mol. The first-order valence-electron chi connectivity index (χ1n) is 5.91. The van der Waals surface area contributed by atoms with Crippen molar-refractivity contribution in [3.63, 3.8) is 0 Å². The summed E-state index contributed by atoms with van der Waals surface area (Å²) in [6, 6.07) is 4.82. The summed E-state index contributed by atoms with van der Waals surface area (Å²) in [7, 11) is -4.24. The van der Waals surface area contributed by atoms with Gasteiger partial charge in [-0.15, -0.1) is 0 Å². The zero-order valence-electron chi connectivity index (χ0n) is 10.8. The summed E-state index contributed by atoms with van der Waals surface area (Å²) < 4.78 is 53.2. The Kier molecular flexibility index (Phi) is 4.61. The summed E-state index contributed by atoms with van der Waals surface area (Å²) in [5.74, 6) is -2.81. The zero-order valence-corrected chi connectivity index (χ0v) is 11.6. The second-order valence-corrected chi connectivity index (χ2v) is 5.96. The number of hydrogen-bond donors (Lipinski definition) is 2. The lowest BCUT2D eigenvalue weighted by atomic mass is 10.2. The topological polar surface area (TPSA) is 79.3 Å². The highest BCUT2D eigenvalue weighted by atomic mass is 32.2. The predicted octanol–water partition coefficient (Wildman–Crippen LogP) is 1.33. The van der Waals surface area contributed by atoms with Crippen molar-refractivity contribution in [3.8, 4) is 0 Å². The van der Waals surface area contributed by atoms with Gasteiger partial charge in [-0.3, -0.25) is 4.98 Å². The molecule has 2 N–H and O–H groups in total. The van der Waals surface area contributed by atoms with E-state index in [9.17, 15) is 17.2 Å². The third kappa shape index (κ3) is 3.60. The fraction of sp³-hybridized carbons (Fsp3) is 0.154. The third-order valence-corrected chi connectivity index (χ3v) is 4.14. The fourth-order valence-corrected chi connectivity index (χ4v) is 2.81. The first-order valence-corrected chi connectivity index (χ1v) is 7.39. The number of benzene rings is 1. The van der Waals surface area contributed by atoms with E-state index >= 15 is 0 Å². The summed E-state index contributed by atoms with van der Waals surface area (Å²) >= 11 is 0. The Balaban J connectivity index is 2.29. The van der Waals surface area contributed by atoms with Gasteiger partial charge in [-0.2, -0.15) is 0 Å². The van der Waals surface area contributed by atoms with Crippen molar-refractivity contribution in [2.75, 3.05) is 0 Å². The standard InChI is InChI=1S/C13H12F2N2O3S/c14-11-5-10(8-18)6-12(13(11)15)21(19,20)17-7-9-1-3-16-4-2-9/h1-6,17-18H,7-8H2. The van der Waals surface area contributed by atoms with Gasteiger partial charge in [0.25, 0.3) is 0 Å². The van der Waals surface area contributed by atoms with E-state index in [4.69, 9.17) is 5.11 Å². The van der Waals surface area contributed by atoms with Gasteiger partial charge < -0.3 is 5.11 Å². The van der Waals surface area contributed by atoms with E-state index in [0.717, 1.165) is 12.1 Å². The number of nitrogens with one attached hydrogen (secondary N) is 1. The van der Waals surface area contributed by atoms with Crippen LogP contribution in [-0.2, 0) is 23.2 Å². The minimum absolute atomic E-state index is 0.0295. The smallest absolute Gasteiger partial charge is 0.243 e. The Bertz CT molecular complexity index is 737. The van der Waals surface area contributed by atoms with Crippen molar-refractivity contribution in [3.05, 3.63) is 59.4 Å². The minimum Gasteiger partial charge on any atom is -0.392 e. The molecule has 0 radical (unpaired) electrons. The molecule has 21 heavy (non-hydrogen) atoms. The summed E-state index contributed by atoms with van der Waals surface area (Å²) in [6.45, 7) is -0.681. The maximum absolute atomic E-state index is 13.7. The van der Waals surface area contributed by atoms with Crippen molar-refractivity contribution < 1.29 is 22.3 Å². The fourth-order valence-electron chi connectivity index (χ4n) is 1.66. The molecular weight excluding hydrogens is 302 g/mol. The molecule has 2 rings (SSSR count). The van der Waals surface area contributed by atoms with Crippen LogP contribution in [-0.4, -0.2) is 18.5 Å². The van der Waals surface area contributed by atoms with Gasteiger partial charge in [0.05, 0.1) is 6.61 Å². The number of aliphatic hydroxyl groups is 1. The van der Waals surface area contributed by atoms with Crippen LogP contribution in [0.2, 0.25) is 0 Å². The SMILES string of the molecule is O=S(=O)(NCc1ccncc1)c1cc(CO)cc(F)c1F. The molecule has 1 aromatic heterocycles. The number of aliphatic hydroxyl groups excluding tert-OH is 1. The first-order chi connectivity index (χ1) is 9.94. The Morgan fingerprint density at radius 3 is 2.43 bits per heavy atom. The van der Waals surface area contributed by atoms with E-state index in [2.05, 4.69) is 9.71 Å². The third-order valence-electron chi connectivity index (χ3n) is 2.74. The number of nitrogens with zero attached hydrogens (tertiary/aromatic N) is 1. The second kappa shape index (κ2) is 6.25. The molecule has 112 valence electrons. The number of aromatic nitrogens is 1. The Morgan fingerprint density at radius 1 is 1.14 bits per heavy atom. The molecule has 0 unspecified atom stereocenters. The van der Waals surface area contributed by atoms with Crippen molar-refractivity contribution in [1.82, 2.24) is 9.71 Å². The van der Waals surface area contributed by atoms with Gasteiger partial charge in [-0.1, -0.05) is 0 Å². The van der Waals surface area contributed by atoms with Gasteiger partial charge in [0.1, 0.15) is 4.90 Å². The maximum Gasteiger partial charge on any atom is 0.243 e. The monoisotopic (exact) mass is 314 g/mol. The molecule has 0 spiro atoms. The largest absolute Gasteiger partial charge is 0.392 e. The molecular formula is C13H12F2N2O3S. The van der Waals surface area contributed by atoms with Gasteiger partial charge in [-0.05, 0) is 35.4 Å². The molecule has 0 aliphatic rings. The molecule has 1 aromatic carbocycles. The van der Waals surface area contributed by atoms with Gasteiger partial charge >= 0.3 is 0 Å². The van der Waals surface area contributed by atoms with Crippen LogP contribution in [0.4, 0.5) is 8.78 Å². The van der Waals surface area contributed by atoms with E-state index in [-0.39, 0.29) is 12.1 Å². The molecule has 0 amide bonds. The van der Waals surface area contributed by atoms with Gasteiger partial charge in [0.15, 0.2) is 11.6 Å². The summed E-state index contributed by atoms with van der Waals surface area (Å²) in [5.41, 5.74) is 0.589. The second-order valence-electron chi connectivity index (χ2n) is 4.23. The highest BCUT2D eigenvalue weighted by Gasteiger charge is 2.22. The first kappa shape index (κ1) is 15.5. The quantitative estimate of drug-likeness (QED) is 0.872. The van der Waals surface area contributed by atoms with Crippen LogP contribution < -0.4 is 4.72 Å². The van der Waals surface area contributed by atoms with Crippen LogP contribution in [0, 0.1) is 11.6 Å². The van der Waals surface area contributed by atoms with Gasteiger partial charge in [-0.25, -0.2) is 21.9 Å². The molecule has 0 aliphatic carbocycles. The van der Waals surface area contributed by atoms with E-state index in [1.54, 1.807) is 12.1 Å². The predicted molar refractivity (Wildman–Crippen MR) is 70.5 cm³/mol. The molecule has 0 aliphatic heterocycles. The summed E-state index contributed by atoms with van der Waals surface area (Å²) in [4.78, 5) is 2.95. The molecule has 5 nitrogen and oxygen atoms in total. The average Bonchev–Trinajstić information content (AvgIpc) is 2.48. The van der Waals surface area contributed by atoms with Crippen LogP contribution in [0.15, 0.2) is 41.6 Å². The zero-order chi connectivity index (χ0) is 15.5. The molecule has 2 aromatic rings. The highest BCUT2D eigenvalue weighted by Crippen LogP contribution is 2.20. The Hall–Kier alpha value is -1.90. The van der Waals surface area contributed by atoms with Crippen LogP contribution in [0.1, 0.15) is 11.1 Å². The maximum atomic E-state index is 13.7. The van der Waals surface area contributed by atoms with Crippen molar-refractivity contribution in [2.45, 2.75) is 18.0 Å². The van der Waals surface area contributed by atoms with Crippen molar-refractivity contribution >= 4 is 10.0 Å². The molecule has 0 fully saturated rings. The lowest BCUT2D eigenvalue weighted by Gasteiger charge is -2.09. The van der Waals surface area contributed by atoms with Gasteiger partial charge in [0.2, 0.25) is 10.0 Å². The molecule has 0 saturated carbocycles. The number of pyridine rings is 1. The number of rotatable bonds is 5. The van der Waals surface area contributed by atoms with Crippen molar-refractivity contribution in [2.24, 2.45) is 0 Å². The molecule has 1 heterocycles. The van der Waals surface area contributed by atoms with Gasteiger partial charge in [0, 0.05) is 18.9 Å². The molecule has 8 heteroatoms. The minimum atomic E-state index is -4.24.